The predicted molar refractivity (Wildman–Crippen MR) is 71.9 cm³/mol. The Labute approximate surface area is 112 Å². The second-order valence-corrected chi connectivity index (χ2v) is 5.49. The normalized spacial score (nSPS) is 22.2. The first-order valence-electron chi connectivity index (χ1n) is 6.82. The van der Waals surface area contributed by atoms with Crippen LogP contribution in [0.2, 0.25) is 0 Å². The molecule has 1 aliphatic carbocycles. The highest BCUT2D eigenvalue weighted by Crippen LogP contribution is 2.39. The number of rotatable bonds is 4. The SMILES string of the molecule is Nc1cc(NC2(CO)CCOCC2)nc(C2CC2)n1. The Morgan fingerprint density at radius 1 is 1.37 bits per heavy atom. The van der Waals surface area contributed by atoms with Crippen molar-refractivity contribution < 1.29 is 9.84 Å². The molecule has 19 heavy (non-hydrogen) atoms. The number of ether oxygens (including phenoxy) is 1. The van der Waals surface area contributed by atoms with Gasteiger partial charge in [-0.3, -0.25) is 0 Å². The lowest BCUT2D eigenvalue weighted by atomic mass is 9.91. The minimum atomic E-state index is -0.347. The average molecular weight is 264 g/mol. The van der Waals surface area contributed by atoms with Crippen LogP contribution in [0.25, 0.3) is 0 Å². The number of aliphatic hydroxyl groups excluding tert-OH is 1. The van der Waals surface area contributed by atoms with Crippen LogP contribution in [-0.4, -0.2) is 40.4 Å². The highest BCUT2D eigenvalue weighted by atomic mass is 16.5. The van der Waals surface area contributed by atoms with Crippen molar-refractivity contribution >= 4 is 11.6 Å². The van der Waals surface area contributed by atoms with E-state index in [4.69, 9.17) is 10.5 Å². The third-order valence-corrected chi connectivity index (χ3v) is 3.85. The van der Waals surface area contributed by atoms with Crippen molar-refractivity contribution in [1.29, 1.82) is 0 Å². The molecule has 6 heteroatoms. The summed E-state index contributed by atoms with van der Waals surface area (Å²) in [6.07, 6.45) is 3.82. The summed E-state index contributed by atoms with van der Waals surface area (Å²) < 4.78 is 5.35. The van der Waals surface area contributed by atoms with E-state index in [1.807, 2.05) is 0 Å². The van der Waals surface area contributed by atoms with E-state index in [1.54, 1.807) is 6.07 Å². The van der Waals surface area contributed by atoms with Gasteiger partial charge < -0.3 is 20.9 Å². The fourth-order valence-electron chi connectivity index (χ4n) is 2.43. The van der Waals surface area contributed by atoms with E-state index < -0.39 is 0 Å². The molecule has 0 radical (unpaired) electrons. The molecule has 1 saturated heterocycles. The van der Waals surface area contributed by atoms with Gasteiger partial charge in [0.25, 0.3) is 0 Å². The molecule has 6 nitrogen and oxygen atoms in total. The fraction of sp³-hybridized carbons (Fsp3) is 0.692. The Morgan fingerprint density at radius 3 is 2.74 bits per heavy atom. The fourth-order valence-corrected chi connectivity index (χ4v) is 2.43. The summed E-state index contributed by atoms with van der Waals surface area (Å²) in [6.45, 7) is 1.38. The van der Waals surface area contributed by atoms with Crippen molar-refractivity contribution in [2.75, 3.05) is 30.9 Å². The summed E-state index contributed by atoms with van der Waals surface area (Å²) in [5, 5.41) is 13.0. The number of nitrogens with one attached hydrogen (secondary N) is 1. The molecular formula is C13H20N4O2. The number of aromatic nitrogens is 2. The van der Waals surface area contributed by atoms with Gasteiger partial charge in [0.2, 0.25) is 0 Å². The Morgan fingerprint density at radius 2 is 2.11 bits per heavy atom. The first kappa shape index (κ1) is 12.6. The minimum absolute atomic E-state index is 0.0685. The number of aliphatic hydroxyl groups is 1. The summed E-state index contributed by atoms with van der Waals surface area (Å²) in [7, 11) is 0. The van der Waals surface area contributed by atoms with Gasteiger partial charge in [-0.2, -0.15) is 0 Å². The van der Waals surface area contributed by atoms with Crippen molar-refractivity contribution in [2.45, 2.75) is 37.1 Å². The van der Waals surface area contributed by atoms with Gasteiger partial charge in [0.1, 0.15) is 17.5 Å². The zero-order valence-electron chi connectivity index (χ0n) is 10.9. The van der Waals surface area contributed by atoms with Crippen LogP contribution in [0.4, 0.5) is 11.6 Å². The molecule has 2 fully saturated rings. The van der Waals surface area contributed by atoms with Crippen molar-refractivity contribution in [3.8, 4) is 0 Å². The lowest BCUT2D eigenvalue weighted by Gasteiger charge is -2.36. The largest absolute Gasteiger partial charge is 0.394 e. The smallest absolute Gasteiger partial charge is 0.136 e. The first-order valence-corrected chi connectivity index (χ1v) is 6.82. The van der Waals surface area contributed by atoms with Gasteiger partial charge in [0.05, 0.1) is 12.1 Å². The summed E-state index contributed by atoms with van der Waals surface area (Å²) >= 11 is 0. The standard InChI is InChI=1S/C13H20N4O2/c14-10-7-11(16-12(15-10)9-1-2-9)17-13(8-18)3-5-19-6-4-13/h7,9,18H,1-6,8H2,(H3,14,15,16,17). The van der Waals surface area contributed by atoms with Crippen LogP contribution in [0.5, 0.6) is 0 Å². The molecule has 4 N–H and O–H groups in total. The molecule has 0 unspecified atom stereocenters. The first-order chi connectivity index (χ1) is 9.21. The van der Waals surface area contributed by atoms with Crippen molar-refractivity contribution in [2.24, 2.45) is 0 Å². The number of nitrogens with two attached hydrogens (primary N) is 1. The van der Waals surface area contributed by atoms with Gasteiger partial charge in [-0.25, -0.2) is 9.97 Å². The van der Waals surface area contributed by atoms with Crippen LogP contribution in [-0.2, 0) is 4.74 Å². The van der Waals surface area contributed by atoms with Gasteiger partial charge >= 0.3 is 0 Å². The Kier molecular flexibility index (Phi) is 3.28. The van der Waals surface area contributed by atoms with Gasteiger partial charge in [-0.05, 0) is 25.7 Å². The Hall–Kier alpha value is -1.40. The number of hydrogen-bond donors (Lipinski definition) is 3. The molecule has 1 aliphatic heterocycles. The molecule has 0 amide bonds. The minimum Gasteiger partial charge on any atom is -0.394 e. The monoisotopic (exact) mass is 264 g/mol. The molecule has 0 atom stereocenters. The van der Waals surface area contributed by atoms with E-state index in [1.165, 1.54) is 0 Å². The van der Waals surface area contributed by atoms with Crippen molar-refractivity contribution in [1.82, 2.24) is 9.97 Å². The highest BCUT2D eigenvalue weighted by Gasteiger charge is 2.33. The molecule has 1 aromatic heterocycles. The van der Waals surface area contributed by atoms with E-state index in [2.05, 4.69) is 15.3 Å². The number of hydrogen-bond acceptors (Lipinski definition) is 6. The zero-order chi connectivity index (χ0) is 13.3. The van der Waals surface area contributed by atoms with E-state index >= 15 is 0 Å². The topological polar surface area (TPSA) is 93.3 Å². The second-order valence-electron chi connectivity index (χ2n) is 5.49. The molecular weight excluding hydrogens is 244 g/mol. The van der Waals surface area contributed by atoms with Crippen LogP contribution in [0.3, 0.4) is 0 Å². The third-order valence-electron chi connectivity index (χ3n) is 3.85. The van der Waals surface area contributed by atoms with Crippen molar-refractivity contribution in [3.05, 3.63) is 11.9 Å². The zero-order valence-corrected chi connectivity index (χ0v) is 10.9. The predicted octanol–water partition coefficient (Wildman–Crippen LogP) is 0.890. The maximum atomic E-state index is 9.67. The quantitative estimate of drug-likeness (QED) is 0.748. The summed E-state index contributed by atoms with van der Waals surface area (Å²) in [5.41, 5.74) is 5.49. The second kappa shape index (κ2) is 4.94. The Balaban J connectivity index is 1.80. The van der Waals surface area contributed by atoms with E-state index in [0.717, 1.165) is 31.5 Å². The number of nitrogens with zero attached hydrogens (tertiary/aromatic N) is 2. The van der Waals surface area contributed by atoms with Crippen LogP contribution in [0.1, 0.15) is 37.4 Å². The van der Waals surface area contributed by atoms with E-state index in [0.29, 0.717) is 30.8 Å². The Bertz CT molecular complexity index is 456. The summed E-state index contributed by atoms with van der Waals surface area (Å²) in [6, 6.07) is 1.73. The maximum absolute atomic E-state index is 9.67. The average Bonchev–Trinajstić information content (AvgIpc) is 3.23. The van der Waals surface area contributed by atoms with Crippen molar-refractivity contribution in [3.63, 3.8) is 0 Å². The summed E-state index contributed by atoms with van der Waals surface area (Å²) in [5.74, 6) is 2.48. The molecule has 104 valence electrons. The van der Waals surface area contributed by atoms with Gasteiger partial charge in [-0.15, -0.1) is 0 Å². The van der Waals surface area contributed by atoms with Crippen LogP contribution in [0, 0.1) is 0 Å². The summed E-state index contributed by atoms with van der Waals surface area (Å²) in [4.78, 5) is 8.81. The van der Waals surface area contributed by atoms with Gasteiger partial charge in [-0.1, -0.05) is 0 Å². The van der Waals surface area contributed by atoms with Gasteiger partial charge in [0.15, 0.2) is 0 Å². The number of nitrogen functional groups attached to an aromatic ring is 1. The maximum Gasteiger partial charge on any atom is 0.136 e. The number of anilines is 2. The lowest BCUT2D eigenvalue weighted by Crippen LogP contribution is -2.47. The molecule has 0 aromatic carbocycles. The molecule has 1 saturated carbocycles. The lowest BCUT2D eigenvalue weighted by molar-refractivity contribution is 0.0378. The van der Waals surface area contributed by atoms with E-state index in [9.17, 15) is 5.11 Å². The molecule has 2 heterocycles. The molecule has 1 aromatic rings. The molecule has 0 spiro atoms. The molecule has 0 bridgehead atoms. The van der Waals surface area contributed by atoms with Crippen LogP contribution < -0.4 is 11.1 Å². The third kappa shape index (κ3) is 2.79. The van der Waals surface area contributed by atoms with Crippen LogP contribution in [0.15, 0.2) is 6.07 Å². The molecule has 3 rings (SSSR count). The van der Waals surface area contributed by atoms with Crippen LogP contribution >= 0.6 is 0 Å². The van der Waals surface area contributed by atoms with Gasteiger partial charge in [0, 0.05) is 25.2 Å². The van der Waals surface area contributed by atoms with E-state index in [-0.39, 0.29) is 12.1 Å². The molecule has 2 aliphatic rings. The highest BCUT2D eigenvalue weighted by molar-refractivity contribution is 5.47.